The number of carbonyl (C=O) groups is 1. The van der Waals surface area contributed by atoms with Crippen molar-refractivity contribution in [3.8, 4) is 0 Å². The van der Waals surface area contributed by atoms with Crippen molar-refractivity contribution >= 4 is 34.6 Å². The summed E-state index contributed by atoms with van der Waals surface area (Å²) in [4.78, 5) is 16.5. The molecular weight excluding hydrogens is 326 g/mol. The van der Waals surface area contributed by atoms with Gasteiger partial charge in [-0.2, -0.15) is 5.10 Å². The molecule has 0 spiro atoms. The van der Waals surface area contributed by atoms with Crippen molar-refractivity contribution in [2.24, 2.45) is 7.05 Å². The summed E-state index contributed by atoms with van der Waals surface area (Å²) in [6, 6.07) is 15.6. The Morgan fingerprint density at radius 3 is 2.77 bits per heavy atom. The number of amides is 1. The smallest absolute Gasteiger partial charge is 0.291 e. The van der Waals surface area contributed by atoms with Crippen LogP contribution < -0.4 is 5.32 Å². The van der Waals surface area contributed by atoms with Crippen LogP contribution in [0.2, 0.25) is 0 Å². The molecule has 26 heavy (non-hydrogen) atoms. The van der Waals surface area contributed by atoms with Crippen LogP contribution in [0.4, 0.5) is 5.69 Å². The van der Waals surface area contributed by atoms with Crippen molar-refractivity contribution in [1.29, 1.82) is 0 Å². The molecule has 2 N–H and O–H groups in total. The average molecular weight is 343 g/mol. The molecule has 4 rings (SSSR count). The Hall–Kier alpha value is -3.67. The van der Waals surface area contributed by atoms with Gasteiger partial charge in [0, 0.05) is 30.5 Å². The minimum absolute atomic E-state index is 0.247. The summed E-state index contributed by atoms with van der Waals surface area (Å²) in [5.74, 6) is 0.116. The SMILES string of the molecule is Cn1ccnc1C(=O)Nc1ccccc1C=Cc1n[nH]c2ccccc12. The number of nitrogens with zero attached hydrogens (tertiary/aromatic N) is 3. The van der Waals surface area contributed by atoms with Gasteiger partial charge < -0.3 is 9.88 Å². The Morgan fingerprint density at radius 1 is 1.12 bits per heavy atom. The lowest BCUT2D eigenvalue weighted by molar-refractivity contribution is 0.101. The number of anilines is 1. The van der Waals surface area contributed by atoms with Crippen LogP contribution >= 0.6 is 0 Å². The van der Waals surface area contributed by atoms with Crippen molar-refractivity contribution in [2.75, 3.05) is 5.32 Å². The largest absolute Gasteiger partial charge is 0.330 e. The number of nitrogens with one attached hydrogen (secondary N) is 2. The molecule has 0 fully saturated rings. The molecule has 1 amide bonds. The summed E-state index contributed by atoms with van der Waals surface area (Å²) in [7, 11) is 1.79. The van der Waals surface area contributed by atoms with Gasteiger partial charge in [-0.1, -0.05) is 42.5 Å². The van der Waals surface area contributed by atoms with Crippen molar-refractivity contribution in [1.82, 2.24) is 19.7 Å². The van der Waals surface area contributed by atoms with Crippen LogP contribution in [0.15, 0.2) is 60.9 Å². The maximum Gasteiger partial charge on any atom is 0.291 e. The number of rotatable bonds is 4. The molecule has 0 atom stereocenters. The van der Waals surface area contributed by atoms with Crippen LogP contribution in [-0.2, 0) is 7.05 Å². The van der Waals surface area contributed by atoms with Crippen LogP contribution in [0.1, 0.15) is 21.9 Å². The first-order valence-corrected chi connectivity index (χ1v) is 8.21. The van der Waals surface area contributed by atoms with Gasteiger partial charge in [0.2, 0.25) is 0 Å². The number of hydrogen-bond donors (Lipinski definition) is 2. The molecule has 0 aliphatic heterocycles. The Morgan fingerprint density at radius 2 is 1.92 bits per heavy atom. The van der Waals surface area contributed by atoms with E-state index in [0.29, 0.717) is 5.82 Å². The van der Waals surface area contributed by atoms with E-state index in [1.165, 1.54) is 0 Å². The summed E-state index contributed by atoms with van der Waals surface area (Å²) in [5.41, 5.74) is 3.45. The van der Waals surface area contributed by atoms with Crippen molar-refractivity contribution < 1.29 is 4.79 Å². The zero-order valence-electron chi connectivity index (χ0n) is 14.2. The first-order valence-electron chi connectivity index (χ1n) is 8.21. The van der Waals surface area contributed by atoms with Crippen LogP contribution in [-0.4, -0.2) is 25.7 Å². The van der Waals surface area contributed by atoms with E-state index in [4.69, 9.17) is 0 Å². The molecule has 6 nitrogen and oxygen atoms in total. The third-order valence-corrected chi connectivity index (χ3v) is 4.15. The second-order valence-corrected chi connectivity index (χ2v) is 5.89. The average Bonchev–Trinajstić information content (AvgIpc) is 3.27. The van der Waals surface area contributed by atoms with Gasteiger partial charge in [-0.15, -0.1) is 0 Å². The fourth-order valence-corrected chi connectivity index (χ4v) is 2.80. The Labute approximate surface area is 150 Å². The predicted molar refractivity (Wildman–Crippen MR) is 103 cm³/mol. The summed E-state index contributed by atoms with van der Waals surface area (Å²) in [6.45, 7) is 0. The molecule has 0 radical (unpaired) electrons. The van der Waals surface area contributed by atoms with E-state index >= 15 is 0 Å². The summed E-state index contributed by atoms with van der Waals surface area (Å²) < 4.78 is 1.68. The maximum atomic E-state index is 12.4. The van der Waals surface area contributed by atoms with Crippen LogP contribution in [0.5, 0.6) is 0 Å². The minimum atomic E-state index is -0.247. The molecule has 4 aromatic rings. The highest BCUT2D eigenvalue weighted by Gasteiger charge is 2.12. The normalized spacial score (nSPS) is 11.3. The number of hydrogen-bond acceptors (Lipinski definition) is 3. The highest BCUT2D eigenvalue weighted by Crippen LogP contribution is 2.21. The van der Waals surface area contributed by atoms with E-state index in [0.717, 1.165) is 27.8 Å². The zero-order valence-corrected chi connectivity index (χ0v) is 14.2. The van der Waals surface area contributed by atoms with Gasteiger partial charge in [0.05, 0.1) is 11.2 Å². The fraction of sp³-hybridized carbons (Fsp3) is 0.0500. The summed E-state index contributed by atoms with van der Waals surface area (Å²) in [5, 5.41) is 11.3. The molecule has 0 aliphatic carbocycles. The van der Waals surface area contributed by atoms with E-state index in [9.17, 15) is 4.79 Å². The lowest BCUT2D eigenvalue weighted by Gasteiger charge is -2.08. The lowest BCUT2D eigenvalue weighted by Crippen LogP contribution is -2.17. The maximum absolute atomic E-state index is 12.4. The molecule has 6 heteroatoms. The predicted octanol–water partition coefficient (Wildman–Crippen LogP) is 3.72. The minimum Gasteiger partial charge on any atom is -0.330 e. The fourth-order valence-electron chi connectivity index (χ4n) is 2.80. The first-order chi connectivity index (χ1) is 12.7. The molecule has 2 aromatic heterocycles. The van der Waals surface area contributed by atoms with Gasteiger partial charge in [-0.3, -0.25) is 9.89 Å². The van der Waals surface area contributed by atoms with Gasteiger partial charge in [0.25, 0.3) is 5.91 Å². The Bertz CT molecular complexity index is 1110. The molecular formula is C20H17N5O. The second-order valence-electron chi connectivity index (χ2n) is 5.89. The van der Waals surface area contributed by atoms with Gasteiger partial charge in [0.15, 0.2) is 5.82 Å². The topological polar surface area (TPSA) is 75.6 Å². The van der Waals surface area contributed by atoms with E-state index in [2.05, 4.69) is 20.5 Å². The van der Waals surface area contributed by atoms with Crippen molar-refractivity contribution in [3.63, 3.8) is 0 Å². The molecule has 128 valence electrons. The number of carbonyl (C=O) groups excluding carboxylic acids is 1. The second kappa shape index (κ2) is 6.68. The van der Waals surface area contributed by atoms with E-state index in [-0.39, 0.29) is 5.91 Å². The van der Waals surface area contributed by atoms with E-state index < -0.39 is 0 Å². The number of aromatic nitrogens is 4. The number of aryl methyl sites for hydroxylation is 1. The third-order valence-electron chi connectivity index (χ3n) is 4.15. The van der Waals surface area contributed by atoms with Crippen molar-refractivity contribution in [3.05, 3.63) is 78.0 Å². The highest BCUT2D eigenvalue weighted by molar-refractivity contribution is 6.03. The third kappa shape index (κ3) is 3.00. The van der Waals surface area contributed by atoms with Crippen molar-refractivity contribution in [2.45, 2.75) is 0 Å². The van der Waals surface area contributed by atoms with Crippen LogP contribution in [0, 0.1) is 0 Å². The van der Waals surface area contributed by atoms with Gasteiger partial charge in [-0.25, -0.2) is 4.98 Å². The number of H-pyrrole nitrogens is 1. The van der Waals surface area contributed by atoms with Gasteiger partial charge >= 0.3 is 0 Å². The highest BCUT2D eigenvalue weighted by atomic mass is 16.2. The van der Waals surface area contributed by atoms with Crippen LogP contribution in [0.25, 0.3) is 23.1 Å². The molecule has 0 saturated heterocycles. The van der Waals surface area contributed by atoms with E-state index in [1.54, 1.807) is 24.0 Å². The number of aromatic amines is 1. The number of fused-ring (bicyclic) bond motifs is 1. The Balaban J connectivity index is 1.62. The molecule has 2 aromatic carbocycles. The number of para-hydroxylation sites is 2. The standard InChI is InChI=1S/C20H17N5O/c1-25-13-12-21-19(25)20(26)22-16-8-4-2-6-14(16)10-11-18-15-7-3-5-9-17(15)23-24-18/h2-13H,1H3,(H,22,26)(H,23,24). The lowest BCUT2D eigenvalue weighted by atomic mass is 10.1. The molecule has 0 unspecified atom stereocenters. The Kier molecular flexibility index (Phi) is 4.07. The van der Waals surface area contributed by atoms with Gasteiger partial charge in [-0.05, 0) is 23.8 Å². The molecule has 0 saturated carbocycles. The monoisotopic (exact) mass is 343 g/mol. The summed E-state index contributed by atoms with van der Waals surface area (Å²) in [6.07, 6.45) is 7.22. The first kappa shape index (κ1) is 15.8. The van der Waals surface area contributed by atoms with Gasteiger partial charge in [0.1, 0.15) is 0 Å². The molecule has 2 heterocycles. The van der Waals surface area contributed by atoms with E-state index in [1.807, 2.05) is 60.7 Å². The molecule has 0 bridgehead atoms. The molecule has 0 aliphatic rings. The summed E-state index contributed by atoms with van der Waals surface area (Å²) >= 11 is 0. The number of benzene rings is 2. The number of imidazole rings is 1. The zero-order chi connectivity index (χ0) is 17.9. The quantitative estimate of drug-likeness (QED) is 0.593. The van der Waals surface area contributed by atoms with Crippen LogP contribution in [0.3, 0.4) is 0 Å².